The molecule has 1 unspecified atom stereocenters. The van der Waals surface area contributed by atoms with Gasteiger partial charge in [-0.25, -0.2) is 0 Å². The highest BCUT2D eigenvalue weighted by molar-refractivity contribution is 7.85. The molecule has 252 valence electrons. The summed E-state index contributed by atoms with van der Waals surface area (Å²) in [5.41, 5.74) is 0.329. The van der Waals surface area contributed by atoms with E-state index in [0.29, 0.717) is 68.9 Å². The van der Waals surface area contributed by atoms with Crippen molar-refractivity contribution in [1.29, 1.82) is 0 Å². The lowest BCUT2D eigenvalue weighted by Gasteiger charge is -2.18. The average molecular weight is 643 g/mol. The third-order valence-corrected chi connectivity index (χ3v) is 7.79. The van der Waals surface area contributed by atoms with E-state index >= 15 is 0 Å². The minimum atomic E-state index is -4.11. The SMILES string of the molecule is CCCCOc1cc(C(=O)NCCCCC(CC(=O)CCCCCNC)C(C)=O)cc(OCCC)c1OCCCS(=O)(=O)O. The molecule has 0 spiro atoms. The molecular formula is C32H54N2O9S. The maximum atomic E-state index is 13.1. The first-order valence-electron chi connectivity index (χ1n) is 16.0. The number of carbonyl (C=O) groups excluding carboxylic acids is 3. The highest BCUT2D eigenvalue weighted by Gasteiger charge is 2.20. The molecule has 1 aromatic rings. The van der Waals surface area contributed by atoms with Gasteiger partial charge in [0, 0.05) is 30.9 Å². The molecule has 0 aliphatic carbocycles. The van der Waals surface area contributed by atoms with Crippen molar-refractivity contribution < 1.29 is 41.6 Å². The third-order valence-electron chi connectivity index (χ3n) is 6.99. The fraction of sp³-hybridized carbons (Fsp3) is 0.719. The number of rotatable bonds is 27. The summed E-state index contributed by atoms with van der Waals surface area (Å²) >= 11 is 0. The van der Waals surface area contributed by atoms with E-state index in [1.807, 2.05) is 20.9 Å². The second-order valence-corrected chi connectivity index (χ2v) is 12.6. The number of Topliss-reactive ketones (excluding diaryl/α,β-unsaturated/α-hetero) is 2. The predicted octanol–water partition coefficient (Wildman–Crippen LogP) is 5.16. The van der Waals surface area contributed by atoms with Gasteiger partial charge in [-0.15, -0.1) is 0 Å². The van der Waals surface area contributed by atoms with Crippen LogP contribution < -0.4 is 24.8 Å². The molecule has 0 aliphatic rings. The van der Waals surface area contributed by atoms with Gasteiger partial charge < -0.3 is 24.8 Å². The number of nitrogens with one attached hydrogen (secondary N) is 2. The van der Waals surface area contributed by atoms with E-state index in [-0.39, 0.29) is 48.6 Å². The largest absolute Gasteiger partial charge is 0.490 e. The third kappa shape index (κ3) is 17.6. The summed E-state index contributed by atoms with van der Waals surface area (Å²) in [5, 5.41) is 6.01. The first-order chi connectivity index (χ1) is 21.0. The molecule has 1 amide bonds. The van der Waals surface area contributed by atoms with E-state index < -0.39 is 15.9 Å². The van der Waals surface area contributed by atoms with Crippen molar-refractivity contribution in [1.82, 2.24) is 10.6 Å². The number of unbranched alkanes of at least 4 members (excludes halogenated alkanes) is 4. The minimum Gasteiger partial charge on any atom is -0.490 e. The number of carbonyl (C=O) groups is 3. The highest BCUT2D eigenvalue weighted by Crippen LogP contribution is 2.39. The van der Waals surface area contributed by atoms with Gasteiger partial charge >= 0.3 is 0 Å². The van der Waals surface area contributed by atoms with Crippen LogP contribution in [0.3, 0.4) is 0 Å². The zero-order chi connectivity index (χ0) is 32.8. The summed E-state index contributed by atoms with van der Waals surface area (Å²) in [7, 11) is -2.20. The van der Waals surface area contributed by atoms with Gasteiger partial charge in [0.1, 0.15) is 11.6 Å². The zero-order valence-electron chi connectivity index (χ0n) is 27.1. The number of ketones is 2. The molecule has 0 radical (unpaired) electrons. The molecule has 0 aliphatic heterocycles. The van der Waals surface area contributed by atoms with Gasteiger partial charge in [-0.3, -0.25) is 18.9 Å². The summed E-state index contributed by atoms with van der Waals surface area (Å²) < 4.78 is 48.8. The van der Waals surface area contributed by atoms with Crippen molar-refractivity contribution in [2.24, 2.45) is 5.92 Å². The average Bonchev–Trinajstić information content (AvgIpc) is 2.97. The van der Waals surface area contributed by atoms with Crippen molar-refractivity contribution in [2.75, 3.05) is 45.7 Å². The number of hydrogen-bond donors (Lipinski definition) is 3. The maximum Gasteiger partial charge on any atom is 0.264 e. The lowest BCUT2D eigenvalue weighted by Crippen LogP contribution is -2.25. The molecule has 3 N–H and O–H groups in total. The van der Waals surface area contributed by atoms with Crippen LogP contribution in [0.2, 0.25) is 0 Å². The van der Waals surface area contributed by atoms with Crippen molar-refractivity contribution in [3.63, 3.8) is 0 Å². The van der Waals surface area contributed by atoms with Crippen molar-refractivity contribution in [2.45, 2.75) is 97.8 Å². The van der Waals surface area contributed by atoms with E-state index in [1.165, 1.54) is 6.92 Å². The summed E-state index contributed by atoms with van der Waals surface area (Å²) in [6.07, 6.45) is 8.07. The van der Waals surface area contributed by atoms with Gasteiger partial charge in [-0.2, -0.15) is 8.42 Å². The Bertz CT molecular complexity index is 1110. The molecule has 1 atom stereocenters. The first-order valence-corrected chi connectivity index (χ1v) is 17.6. The Balaban J connectivity index is 2.79. The number of amides is 1. The lowest BCUT2D eigenvalue weighted by atomic mass is 9.91. The van der Waals surface area contributed by atoms with Gasteiger partial charge in [0.2, 0.25) is 5.75 Å². The zero-order valence-corrected chi connectivity index (χ0v) is 27.9. The van der Waals surface area contributed by atoms with E-state index in [9.17, 15) is 22.8 Å². The quantitative estimate of drug-likeness (QED) is 0.0865. The first kappa shape index (κ1) is 39.3. The second kappa shape index (κ2) is 22.8. The number of ether oxygens (including phenoxy) is 3. The van der Waals surface area contributed by atoms with Gasteiger partial charge in [-0.05, 0) is 77.6 Å². The molecule has 12 heteroatoms. The summed E-state index contributed by atoms with van der Waals surface area (Å²) in [6, 6.07) is 3.16. The van der Waals surface area contributed by atoms with Crippen LogP contribution >= 0.6 is 0 Å². The molecule has 0 bridgehead atoms. The Hall–Kier alpha value is -2.70. The Morgan fingerprint density at radius 3 is 2.11 bits per heavy atom. The Labute approximate surface area is 263 Å². The summed E-state index contributed by atoms with van der Waals surface area (Å²) in [6.45, 7) is 7.61. The van der Waals surface area contributed by atoms with Crippen molar-refractivity contribution in [3.8, 4) is 17.2 Å². The number of benzene rings is 1. The molecular weight excluding hydrogens is 588 g/mol. The number of hydrogen-bond acceptors (Lipinski definition) is 9. The van der Waals surface area contributed by atoms with Crippen LogP contribution in [0.5, 0.6) is 17.2 Å². The van der Waals surface area contributed by atoms with Crippen LogP contribution in [0, 0.1) is 5.92 Å². The highest BCUT2D eigenvalue weighted by atomic mass is 32.2. The van der Waals surface area contributed by atoms with E-state index in [0.717, 1.165) is 38.6 Å². The molecule has 0 saturated carbocycles. The van der Waals surface area contributed by atoms with E-state index in [4.69, 9.17) is 18.8 Å². The molecule has 0 fully saturated rings. The van der Waals surface area contributed by atoms with Crippen LogP contribution in [0.1, 0.15) is 108 Å². The molecule has 0 heterocycles. The van der Waals surface area contributed by atoms with Crippen LogP contribution in [-0.4, -0.2) is 76.2 Å². The van der Waals surface area contributed by atoms with E-state index in [2.05, 4.69) is 10.6 Å². The standard InChI is InChI=1S/C32H54N2O9S/c1-5-7-19-42-30-24-27(23-29(41-18-6-2)31(30)43-20-13-21-44(38,39)40)32(37)34-17-12-10-14-26(25(3)35)22-28(36)15-9-8-11-16-33-4/h23-24,26,33H,5-22H2,1-4H3,(H,34,37)(H,38,39,40). The Kier molecular flexibility index (Phi) is 20.3. The van der Waals surface area contributed by atoms with Crippen LogP contribution in [0.4, 0.5) is 0 Å². The molecule has 44 heavy (non-hydrogen) atoms. The monoisotopic (exact) mass is 642 g/mol. The van der Waals surface area contributed by atoms with Gasteiger partial charge in [0.25, 0.3) is 16.0 Å². The van der Waals surface area contributed by atoms with Crippen LogP contribution in [0.15, 0.2) is 12.1 Å². The second-order valence-electron chi connectivity index (χ2n) is 11.1. The van der Waals surface area contributed by atoms with Crippen LogP contribution in [0.25, 0.3) is 0 Å². The molecule has 1 aromatic carbocycles. The van der Waals surface area contributed by atoms with Crippen molar-refractivity contribution >= 4 is 27.6 Å². The Morgan fingerprint density at radius 1 is 0.841 bits per heavy atom. The summed E-state index contributed by atoms with van der Waals surface area (Å²) in [4.78, 5) is 37.6. The Morgan fingerprint density at radius 2 is 1.50 bits per heavy atom. The minimum absolute atomic E-state index is 0.00147. The lowest BCUT2D eigenvalue weighted by molar-refractivity contribution is -0.127. The fourth-order valence-corrected chi connectivity index (χ4v) is 4.95. The normalized spacial score (nSPS) is 12.0. The fourth-order valence-electron chi connectivity index (χ4n) is 4.46. The molecule has 0 aromatic heterocycles. The van der Waals surface area contributed by atoms with E-state index in [1.54, 1.807) is 12.1 Å². The topological polar surface area (TPSA) is 157 Å². The predicted molar refractivity (Wildman–Crippen MR) is 172 cm³/mol. The van der Waals surface area contributed by atoms with Gasteiger partial charge in [0.05, 0.1) is 25.6 Å². The smallest absolute Gasteiger partial charge is 0.264 e. The van der Waals surface area contributed by atoms with Crippen molar-refractivity contribution in [3.05, 3.63) is 17.7 Å². The molecule has 0 saturated heterocycles. The van der Waals surface area contributed by atoms with Gasteiger partial charge in [0.15, 0.2) is 11.5 Å². The summed E-state index contributed by atoms with van der Waals surface area (Å²) in [5.74, 6) is 0.0200. The van der Waals surface area contributed by atoms with Crippen LogP contribution in [-0.2, 0) is 19.7 Å². The molecule has 11 nitrogen and oxygen atoms in total. The van der Waals surface area contributed by atoms with Gasteiger partial charge in [-0.1, -0.05) is 33.1 Å². The maximum absolute atomic E-state index is 13.1. The molecule has 1 rings (SSSR count).